The van der Waals surface area contributed by atoms with Crippen LogP contribution in [0.15, 0.2) is 0 Å². The van der Waals surface area contributed by atoms with E-state index in [1.54, 1.807) is 0 Å². The van der Waals surface area contributed by atoms with Crippen LogP contribution in [0, 0.1) is 0 Å². The van der Waals surface area contributed by atoms with E-state index in [1.165, 1.54) is 0 Å². The number of hydrogen-bond acceptors (Lipinski definition) is 2. The van der Waals surface area contributed by atoms with Gasteiger partial charge in [-0.2, -0.15) is 8.42 Å². The maximum absolute atomic E-state index is 8.74. The molecule has 0 aliphatic carbocycles. The number of hydrogen-bond donors (Lipinski definition) is 2. The fourth-order valence-electron chi connectivity index (χ4n) is 0. The summed E-state index contributed by atoms with van der Waals surface area (Å²) in [5.74, 6) is 0. The summed E-state index contributed by atoms with van der Waals surface area (Å²) in [7, 11) is -4.67. The predicted octanol–water partition coefficient (Wildman–Crippen LogP) is -1.20. The topological polar surface area (TPSA) is 74.6 Å². The SMILES string of the molecule is C.O=S(=O)(O)O.[AlH3]. The Morgan fingerprint density at radius 2 is 1.14 bits per heavy atom. The van der Waals surface area contributed by atoms with Crippen LogP contribution in [-0.4, -0.2) is 34.9 Å². The van der Waals surface area contributed by atoms with Gasteiger partial charge < -0.3 is 0 Å². The first-order valence-electron chi connectivity index (χ1n) is 0.698. The highest BCUT2D eigenvalue weighted by Gasteiger charge is 1.84. The van der Waals surface area contributed by atoms with Gasteiger partial charge in [-0.1, -0.05) is 7.43 Å². The minimum absolute atomic E-state index is 0. The Morgan fingerprint density at radius 1 is 1.14 bits per heavy atom. The smallest absolute Gasteiger partial charge is 0.264 e. The second kappa shape index (κ2) is 4.56. The Hall–Kier alpha value is 0.402. The standard InChI is InChI=1S/CH4.Al.H2O4S.3H/c;;1-5(2,3)4;;;/h1H4;;(H2,1,2,3,4);;;. The second-order valence-electron chi connectivity index (χ2n) is 0.448. The van der Waals surface area contributed by atoms with Crippen LogP contribution in [0.4, 0.5) is 0 Å². The summed E-state index contributed by atoms with van der Waals surface area (Å²) < 4.78 is 31.6. The van der Waals surface area contributed by atoms with Gasteiger partial charge in [0.05, 0.1) is 0 Å². The molecule has 0 aliphatic heterocycles. The Labute approximate surface area is 53.3 Å². The molecule has 0 bridgehead atoms. The molecule has 0 spiro atoms. The molecule has 0 aliphatic rings. The third kappa shape index (κ3) is 766. The van der Waals surface area contributed by atoms with Gasteiger partial charge in [-0.25, -0.2) is 0 Å². The third-order valence-corrected chi connectivity index (χ3v) is 0. The van der Waals surface area contributed by atoms with Crippen molar-refractivity contribution < 1.29 is 17.5 Å². The van der Waals surface area contributed by atoms with Crippen LogP contribution in [-0.2, 0) is 10.4 Å². The maximum Gasteiger partial charge on any atom is 0.394 e. The highest BCUT2D eigenvalue weighted by molar-refractivity contribution is 7.79. The Kier molecular flexibility index (Phi) is 10.2. The van der Waals surface area contributed by atoms with Crippen molar-refractivity contribution >= 4 is 27.8 Å². The van der Waals surface area contributed by atoms with Crippen LogP contribution in [0.1, 0.15) is 7.43 Å². The highest BCUT2D eigenvalue weighted by atomic mass is 32.3. The molecule has 0 amide bonds. The molecule has 0 radical (unpaired) electrons. The molecular weight excluding hydrogens is 135 g/mol. The minimum Gasteiger partial charge on any atom is -0.264 e. The molecule has 0 aromatic rings. The van der Waals surface area contributed by atoms with E-state index in [9.17, 15) is 0 Å². The van der Waals surface area contributed by atoms with Gasteiger partial charge >= 0.3 is 10.4 Å². The quantitative estimate of drug-likeness (QED) is 0.331. The van der Waals surface area contributed by atoms with E-state index in [1.807, 2.05) is 0 Å². The van der Waals surface area contributed by atoms with Crippen molar-refractivity contribution in [2.24, 2.45) is 0 Å². The molecule has 0 aromatic heterocycles. The van der Waals surface area contributed by atoms with Crippen LogP contribution in [0.5, 0.6) is 0 Å². The molecule has 4 nitrogen and oxygen atoms in total. The molecule has 0 heterocycles. The van der Waals surface area contributed by atoms with Crippen LogP contribution < -0.4 is 0 Å². The van der Waals surface area contributed by atoms with Gasteiger partial charge in [0, 0.05) is 0 Å². The van der Waals surface area contributed by atoms with E-state index in [-0.39, 0.29) is 24.8 Å². The lowest BCUT2D eigenvalue weighted by molar-refractivity contribution is 0.381. The van der Waals surface area contributed by atoms with Crippen molar-refractivity contribution in [2.45, 2.75) is 7.43 Å². The van der Waals surface area contributed by atoms with Gasteiger partial charge in [-0.3, -0.25) is 9.11 Å². The monoisotopic (exact) mass is 144 g/mol. The molecule has 2 N–H and O–H groups in total. The minimum atomic E-state index is -4.67. The van der Waals surface area contributed by atoms with Gasteiger partial charge in [0.25, 0.3) is 0 Å². The van der Waals surface area contributed by atoms with Gasteiger partial charge in [-0.05, 0) is 0 Å². The first-order valence-corrected chi connectivity index (χ1v) is 2.10. The molecule has 7 heavy (non-hydrogen) atoms. The largest absolute Gasteiger partial charge is 0.394 e. The summed E-state index contributed by atoms with van der Waals surface area (Å²) in [6.07, 6.45) is 0. The highest BCUT2D eigenvalue weighted by Crippen LogP contribution is 1.59. The lowest BCUT2D eigenvalue weighted by Gasteiger charge is -1.68. The zero-order chi connectivity index (χ0) is 4.50. The van der Waals surface area contributed by atoms with Crippen molar-refractivity contribution in [1.82, 2.24) is 0 Å². The summed E-state index contributed by atoms with van der Waals surface area (Å²) in [4.78, 5) is 0. The average molecular weight is 144 g/mol. The van der Waals surface area contributed by atoms with Crippen molar-refractivity contribution in [3.8, 4) is 0 Å². The Morgan fingerprint density at radius 3 is 1.14 bits per heavy atom. The summed E-state index contributed by atoms with van der Waals surface area (Å²) >= 11 is 0. The molecule has 0 fully saturated rings. The van der Waals surface area contributed by atoms with Crippen LogP contribution >= 0.6 is 0 Å². The lowest BCUT2D eigenvalue weighted by Crippen LogP contribution is -1.89. The van der Waals surface area contributed by atoms with E-state index in [2.05, 4.69) is 0 Å². The van der Waals surface area contributed by atoms with Gasteiger partial charge in [0.1, 0.15) is 0 Å². The molecule has 0 rings (SSSR count). The Bertz CT molecular complexity index is 94.9. The fraction of sp³-hybridized carbons (Fsp3) is 1.00. The number of rotatable bonds is 0. The molecule has 0 saturated carbocycles. The van der Waals surface area contributed by atoms with Crippen LogP contribution in [0.3, 0.4) is 0 Å². The molecular formula is CH9AlO4S. The Balaban J connectivity index is -0.0000000800. The second-order valence-corrected chi connectivity index (χ2v) is 1.34. The summed E-state index contributed by atoms with van der Waals surface area (Å²) in [5.41, 5.74) is 0. The third-order valence-electron chi connectivity index (χ3n) is 0. The molecule has 46 valence electrons. The summed E-state index contributed by atoms with van der Waals surface area (Å²) in [5, 5.41) is 0. The molecule has 0 saturated heterocycles. The average Bonchev–Trinajstić information content (AvgIpc) is 0.722. The van der Waals surface area contributed by atoms with Crippen LogP contribution in [0.2, 0.25) is 0 Å². The summed E-state index contributed by atoms with van der Waals surface area (Å²) in [6.45, 7) is 0. The maximum atomic E-state index is 8.74. The molecule has 0 unspecified atom stereocenters. The molecule has 6 heteroatoms. The normalized spacial score (nSPS) is 8.29. The molecule has 0 aromatic carbocycles. The van der Waals surface area contributed by atoms with E-state index in [0.717, 1.165) is 0 Å². The van der Waals surface area contributed by atoms with Crippen molar-refractivity contribution in [2.75, 3.05) is 0 Å². The lowest BCUT2D eigenvalue weighted by atomic mass is 12.0. The predicted molar refractivity (Wildman–Crippen MR) is 30.8 cm³/mol. The van der Waals surface area contributed by atoms with Crippen molar-refractivity contribution in [3.63, 3.8) is 0 Å². The zero-order valence-corrected chi connectivity index (χ0v) is 2.94. The zero-order valence-electron chi connectivity index (χ0n) is 2.12. The van der Waals surface area contributed by atoms with E-state index in [0.29, 0.717) is 0 Å². The van der Waals surface area contributed by atoms with E-state index >= 15 is 0 Å². The van der Waals surface area contributed by atoms with Gasteiger partial charge in [0.15, 0.2) is 17.4 Å². The summed E-state index contributed by atoms with van der Waals surface area (Å²) in [6, 6.07) is 0. The van der Waals surface area contributed by atoms with Crippen molar-refractivity contribution in [1.29, 1.82) is 0 Å². The van der Waals surface area contributed by atoms with Crippen LogP contribution in [0.25, 0.3) is 0 Å². The first kappa shape index (κ1) is 15.7. The van der Waals surface area contributed by atoms with Crippen molar-refractivity contribution in [3.05, 3.63) is 0 Å². The molecule has 0 atom stereocenters. The first-order chi connectivity index (χ1) is 2.00. The fourth-order valence-corrected chi connectivity index (χ4v) is 0. The van der Waals surface area contributed by atoms with Gasteiger partial charge in [-0.15, -0.1) is 0 Å². The van der Waals surface area contributed by atoms with E-state index < -0.39 is 10.4 Å². The van der Waals surface area contributed by atoms with Gasteiger partial charge in [0.2, 0.25) is 0 Å². The van der Waals surface area contributed by atoms with E-state index in [4.69, 9.17) is 17.5 Å².